The van der Waals surface area contributed by atoms with Gasteiger partial charge in [-0.3, -0.25) is 4.79 Å². The minimum atomic E-state index is -0.0360. The number of rotatable bonds is 6. The molecule has 4 N–H and O–H groups in total. The average Bonchev–Trinajstić information content (AvgIpc) is 2.49. The normalized spacial score (nSPS) is 10.3. The lowest BCUT2D eigenvalue weighted by Gasteiger charge is -2.10. The van der Waals surface area contributed by atoms with Crippen LogP contribution in [0.3, 0.4) is 0 Å². The quantitative estimate of drug-likeness (QED) is 0.716. The third-order valence-corrected chi connectivity index (χ3v) is 3.38. The van der Waals surface area contributed by atoms with Gasteiger partial charge in [-0.2, -0.15) is 0 Å². The van der Waals surface area contributed by atoms with E-state index < -0.39 is 0 Å². The second-order valence-electron chi connectivity index (χ2n) is 5.30. The van der Waals surface area contributed by atoms with Crippen molar-refractivity contribution in [2.45, 2.75) is 20.3 Å². The molecule has 5 heteroatoms. The summed E-state index contributed by atoms with van der Waals surface area (Å²) in [5.41, 5.74) is 9.26. The molecule has 2 rings (SSSR count). The van der Waals surface area contributed by atoms with Gasteiger partial charge in [0.05, 0.1) is 5.69 Å². The number of hydrogen-bond acceptors (Lipinski definition) is 4. The fourth-order valence-electron chi connectivity index (χ4n) is 2.16. The molecule has 0 spiro atoms. The molecule has 1 aromatic heterocycles. The highest BCUT2D eigenvalue weighted by molar-refractivity contribution is 5.95. The number of hydrogen-bond donors (Lipinski definition) is 3. The van der Waals surface area contributed by atoms with Crippen LogP contribution in [-0.2, 0) is 0 Å². The Balaban J connectivity index is 1.73. The predicted molar refractivity (Wildman–Crippen MR) is 90.0 cm³/mol. The molecule has 116 valence electrons. The SMILES string of the molecule is Cc1cnc(NCCCNC(=O)c2ccccc2C)c(N)c1. The molecule has 22 heavy (non-hydrogen) atoms. The smallest absolute Gasteiger partial charge is 0.251 e. The Morgan fingerprint density at radius 2 is 2.00 bits per heavy atom. The van der Waals surface area contributed by atoms with Crippen molar-refractivity contribution in [2.24, 2.45) is 0 Å². The Labute approximate surface area is 130 Å². The molecule has 0 saturated carbocycles. The van der Waals surface area contributed by atoms with E-state index in [0.29, 0.717) is 24.6 Å². The summed E-state index contributed by atoms with van der Waals surface area (Å²) in [4.78, 5) is 16.3. The molecule has 1 heterocycles. The number of nitrogens with one attached hydrogen (secondary N) is 2. The monoisotopic (exact) mass is 298 g/mol. The summed E-state index contributed by atoms with van der Waals surface area (Å²) in [6, 6.07) is 9.45. The number of nitrogens with zero attached hydrogens (tertiary/aromatic N) is 1. The van der Waals surface area contributed by atoms with Crippen molar-refractivity contribution < 1.29 is 4.79 Å². The van der Waals surface area contributed by atoms with E-state index in [2.05, 4.69) is 15.6 Å². The van der Waals surface area contributed by atoms with E-state index in [0.717, 1.165) is 23.1 Å². The molecule has 0 aliphatic heterocycles. The summed E-state index contributed by atoms with van der Waals surface area (Å²) in [7, 11) is 0. The number of aryl methyl sites for hydroxylation is 2. The van der Waals surface area contributed by atoms with Crippen molar-refractivity contribution in [3.63, 3.8) is 0 Å². The minimum Gasteiger partial charge on any atom is -0.396 e. The van der Waals surface area contributed by atoms with Gasteiger partial charge in [0.25, 0.3) is 5.91 Å². The van der Waals surface area contributed by atoms with E-state index in [4.69, 9.17) is 5.73 Å². The van der Waals surface area contributed by atoms with Crippen molar-refractivity contribution >= 4 is 17.4 Å². The largest absolute Gasteiger partial charge is 0.396 e. The zero-order valence-corrected chi connectivity index (χ0v) is 13.0. The van der Waals surface area contributed by atoms with Gasteiger partial charge in [-0.1, -0.05) is 18.2 Å². The summed E-state index contributed by atoms with van der Waals surface area (Å²) in [5.74, 6) is 0.655. The zero-order chi connectivity index (χ0) is 15.9. The van der Waals surface area contributed by atoms with Crippen LogP contribution in [0.5, 0.6) is 0 Å². The number of carbonyl (C=O) groups excluding carboxylic acids is 1. The molecule has 0 unspecified atom stereocenters. The van der Waals surface area contributed by atoms with Gasteiger partial charge in [-0.25, -0.2) is 4.98 Å². The number of amides is 1. The van der Waals surface area contributed by atoms with Crippen LogP contribution in [-0.4, -0.2) is 24.0 Å². The number of nitrogens with two attached hydrogens (primary N) is 1. The number of pyridine rings is 1. The lowest BCUT2D eigenvalue weighted by Crippen LogP contribution is -2.26. The molecule has 1 aromatic carbocycles. The second kappa shape index (κ2) is 7.45. The first kappa shape index (κ1) is 15.8. The molecule has 0 bridgehead atoms. The van der Waals surface area contributed by atoms with Crippen molar-refractivity contribution in [1.29, 1.82) is 0 Å². The molecule has 2 aromatic rings. The maximum atomic E-state index is 12.0. The van der Waals surface area contributed by atoms with E-state index in [1.807, 2.05) is 44.2 Å². The molecular formula is C17H22N4O. The highest BCUT2D eigenvalue weighted by atomic mass is 16.1. The Hall–Kier alpha value is -2.56. The number of aromatic nitrogens is 1. The van der Waals surface area contributed by atoms with Gasteiger partial charge in [0, 0.05) is 24.8 Å². The molecule has 0 fully saturated rings. The molecule has 0 aliphatic rings. The highest BCUT2D eigenvalue weighted by Gasteiger charge is 2.06. The van der Waals surface area contributed by atoms with Crippen molar-refractivity contribution in [2.75, 3.05) is 24.1 Å². The van der Waals surface area contributed by atoms with Gasteiger partial charge in [0.15, 0.2) is 0 Å². The van der Waals surface area contributed by atoms with E-state index in [9.17, 15) is 4.79 Å². The zero-order valence-electron chi connectivity index (χ0n) is 13.0. The number of anilines is 2. The molecule has 0 aliphatic carbocycles. The van der Waals surface area contributed by atoms with Gasteiger partial charge in [-0.05, 0) is 43.5 Å². The van der Waals surface area contributed by atoms with Crippen LogP contribution >= 0.6 is 0 Å². The van der Waals surface area contributed by atoms with Crippen LogP contribution < -0.4 is 16.4 Å². The third kappa shape index (κ3) is 4.22. The highest BCUT2D eigenvalue weighted by Crippen LogP contribution is 2.15. The number of nitrogen functional groups attached to an aromatic ring is 1. The van der Waals surface area contributed by atoms with Crippen molar-refractivity contribution in [3.8, 4) is 0 Å². The molecule has 0 atom stereocenters. The van der Waals surface area contributed by atoms with Gasteiger partial charge < -0.3 is 16.4 Å². The van der Waals surface area contributed by atoms with Crippen LogP contribution in [0.2, 0.25) is 0 Å². The van der Waals surface area contributed by atoms with Gasteiger partial charge in [-0.15, -0.1) is 0 Å². The topological polar surface area (TPSA) is 80.0 Å². The van der Waals surface area contributed by atoms with E-state index in [1.54, 1.807) is 6.20 Å². The van der Waals surface area contributed by atoms with Crippen LogP contribution in [0.15, 0.2) is 36.5 Å². The third-order valence-electron chi connectivity index (χ3n) is 3.38. The van der Waals surface area contributed by atoms with Crippen molar-refractivity contribution in [1.82, 2.24) is 10.3 Å². The summed E-state index contributed by atoms with van der Waals surface area (Å²) in [6.45, 7) is 5.19. The minimum absolute atomic E-state index is 0.0360. The van der Waals surface area contributed by atoms with Crippen LogP contribution in [0.4, 0.5) is 11.5 Å². The predicted octanol–water partition coefficient (Wildman–Crippen LogP) is 2.51. The average molecular weight is 298 g/mol. The van der Waals surface area contributed by atoms with E-state index in [-0.39, 0.29) is 5.91 Å². The molecular weight excluding hydrogens is 276 g/mol. The summed E-state index contributed by atoms with van der Waals surface area (Å²) >= 11 is 0. The summed E-state index contributed by atoms with van der Waals surface area (Å²) in [5, 5.41) is 6.10. The Kier molecular flexibility index (Phi) is 5.36. The molecule has 1 amide bonds. The lowest BCUT2D eigenvalue weighted by atomic mass is 10.1. The lowest BCUT2D eigenvalue weighted by molar-refractivity contribution is 0.0953. The second-order valence-corrected chi connectivity index (χ2v) is 5.30. The molecule has 0 saturated heterocycles. The summed E-state index contributed by atoms with van der Waals surface area (Å²) in [6.07, 6.45) is 2.57. The Bertz CT molecular complexity index is 655. The Morgan fingerprint density at radius 1 is 1.23 bits per heavy atom. The Morgan fingerprint density at radius 3 is 2.73 bits per heavy atom. The van der Waals surface area contributed by atoms with Gasteiger partial charge in [0.1, 0.15) is 5.82 Å². The fourth-order valence-corrected chi connectivity index (χ4v) is 2.16. The van der Waals surface area contributed by atoms with Crippen LogP contribution in [0.1, 0.15) is 27.9 Å². The first-order valence-electron chi connectivity index (χ1n) is 7.38. The van der Waals surface area contributed by atoms with E-state index in [1.165, 1.54) is 0 Å². The van der Waals surface area contributed by atoms with Crippen LogP contribution in [0, 0.1) is 13.8 Å². The standard InChI is InChI=1S/C17H22N4O/c1-12-10-15(18)16(21-11-12)19-8-5-9-20-17(22)14-7-4-3-6-13(14)2/h3-4,6-7,10-11H,5,8-9,18H2,1-2H3,(H,19,21)(H,20,22). The molecule has 0 radical (unpaired) electrons. The fraction of sp³-hybridized carbons (Fsp3) is 0.294. The molecule has 5 nitrogen and oxygen atoms in total. The maximum absolute atomic E-state index is 12.0. The first-order chi connectivity index (χ1) is 10.6. The van der Waals surface area contributed by atoms with Crippen LogP contribution in [0.25, 0.3) is 0 Å². The maximum Gasteiger partial charge on any atom is 0.251 e. The van der Waals surface area contributed by atoms with Crippen molar-refractivity contribution in [3.05, 3.63) is 53.2 Å². The number of benzene rings is 1. The van der Waals surface area contributed by atoms with E-state index >= 15 is 0 Å². The summed E-state index contributed by atoms with van der Waals surface area (Å²) < 4.78 is 0. The number of carbonyl (C=O) groups is 1. The first-order valence-corrected chi connectivity index (χ1v) is 7.38. The van der Waals surface area contributed by atoms with Gasteiger partial charge in [0.2, 0.25) is 0 Å². The van der Waals surface area contributed by atoms with Gasteiger partial charge >= 0.3 is 0 Å².